The predicted octanol–water partition coefficient (Wildman–Crippen LogP) is 2.36. The highest BCUT2D eigenvalue weighted by Crippen LogP contribution is 2.15. The number of aliphatic hydroxyl groups is 1. The van der Waals surface area contributed by atoms with E-state index in [-0.39, 0.29) is 23.7 Å². The Balaban J connectivity index is 2.32. The van der Waals surface area contributed by atoms with Crippen LogP contribution in [0.25, 0.3) is 0 Å². The minimum atomic E-state index is -0.0838. The minimum Gasteiger partial charge on any atom is -0.396 e. The second kappa shape index (κ2) is 8.23. The lowest BCUT2D eigenvalue weighted by Gasteiger charge is -2.14. The largest absolute Gasteiger partial charge is 0.396 e. The molecule has 0 fully saturated rings. The maximum atomic E-state index is 11.9. The van der Waals surface area contributed by atoms with Gasteiger partial charge in [-0.1, -0.05) is 36.8 Å². The van der Waals surface area contributed by atoms with Crippen LogP contribution in [0.5, 0.6) is 0 Å². The number of benzene rings is 1. The van der Waals surface area contributed by atoms with Crippen LogP contribution in [0.15, 0.2) is 24.3 Å². The topological polar surface area (TPSA) is 49.3 Å². The fraction of sp³-hybridized carbons (Fsp3) is 0.533. The summed E-state index contributed by atoms with van der Waals surface area (Å²) in [5.74, 6) is 1.09. The van der Waals surface area contributed by atoms with Gasteiger partial charge in [0.1, 0.15) is 0 Å². The van der Waals surface area contributed by atoms with Gasteiger partial charge in [-0.25, -0.2) is 0 Å². The van der Waals surface area contributed by atoms with E-state index in [9.17, 15) is 4.79 Å². The molecular formula is C15H23NO2S. The zero-order valence-electron chi connectivity index (χ0n) is 11.8. The Hall–Kier alpha value is -1.00. The summed E-state index contributed by atoms with van der Waals surface area (Å²) in [4.78, 5) is 11.9. The van der Waals surface area contributed by atoms with Crippen LogP contribution in [-0.4, -0.2) is 28.6 Å². The molecule has 1 aromatic rings. The molecule has 0 bridgehead atoms. The molecule has 4 heteroatoms. The maximum Gasteiger partial charge on any atom is 0.233 e. The van der Waals surface area contributed by atoms with E-state index in [0.29, 0.717) is 6.54 Å². The minimum absolute atomic E-state index is 0.0516. The Kier molecular flexibility index (Phi) is 6.95. The Bertz CT molecular complexity index is 392. The van der Waals surface area contributed by atoms with Crippen LogP contribution >= 0.6 is 11.8 Å². The van der Waals surface area contributed by atoms with E-state index in [2.05, 4.69) is 5.32 Å². The van der Waals surface area contributed by atoms with Gasteiger partial charge in [0.2, 0.25) is 5.91 Å². The molecule has 2 atom stereocenters. The van der Waals surface area contributed by atoms with Gasteiger partial charge in [0.05, 0.1) is 5.25 Å². The second-order valence-corrected chi connectivity index (χ2v) is 6.34. The number of aliphatic hydroxyl groups excluding tert-OH is 1. The first-order chi connectivity index (χ1) is 9.02. The Morgan fingerprint density at radius 2 is 1.95 bits per heavy atom. The van der Waals surface area contributed by atoms with Crippen molar-refractivity contribution in [3.63, 3.8) is 0 Å². The fourth-order valence-electron chi connectivity index (χ4n) is 1.48. The molecule has 1 rings (SSSR count). The molecule has 0 radical (unpaired) electrons. The number of thioether (sulfide) groups is 1. The molecule has 0 heterocycles. The number of aryl methyl sites for hydroxylation is 1. The van der Waals surface area contributed by atoms with Gasteiger partial charge in [-0.15, -0.1) is 11.8 Å². The number of carbonyl (C=O) groups excluding carboxylic acids is 1. The predicted molar refractivity (Wildman–Crippen MR) is 81.2 cm³/mol. The fourth-order valence-corrected chi connectivity index (χ4v) is 2.43. The van der Waals surface area contributed by atoms with Crippen molar-refractivity contribution < 1.29 is 9.90 Å². The summed E-state index contributed by atoms with van der Waals surface area (Å²) in [5, 5.41) is 11.8. The first kappa shape index (κ1) is 16.1. The van der Waals surface area contributed by atoms with Crippen molar-refractivity contribution in [2.45, 2.75) is 32.6 Å². The quantitative estimate of drug-likeness (QED) is 0.806. The van der Waals surface area contributed by atoms with Crippen LogP contribution in [0.1, 0.15) is 25.0 Å². The monoisotopic (exact) mass is 281 g/mol. The van der Waals surface area contributed by atoms with Gasteiger partial charge < -0.3 is 10.4 Å². The van der Waals surface area contributed by atoms with Crippen LogP contribution in [0.4, 0.5) is 0 Å². The third kappa shape index (κ3) is 6.12. The van der Waals surface area contributed by atoms with Crippen molar-refractivity contribution in [3.8, 4) is 0 Å². The Morgan fingerprint density at radius 3 is 2.53 bits per heavy atom. The number of nitrogens with one attached hydrogen (secondary N) is 1. The molecule has 0 spiro atoms. The van der Waals surface area contributed by atoms with Gasteiger partial charge in [-0.2, -0.15) is 0 Å². The zero-order valence-corrected chi connectivity index (χ0v) is 12.7. The molecule has 2 unspecified atom stereocenters. The lowest BCUT2D eigenvalue weighted by molar-refractivity contribution is -0.120. The molecule has 3 nitrogen and oxygen atoms in total. The van der Waals surface area contributed by atoms with Crippen LogP contribution in [-0.2, 0) is 11.3 Å². The van der Waals surface area contributed by atoms with Gasteiger partial charge in [-0.3, -0.25) is 4.79 Å². The van der Waals surface area contributed by atoms with Crippen molar-refractivity contribution in [3.05, 3.63) is 35.4 Å². The van der Waals surface area contributed by atoms with Crippen LogP contribution in [0, 0.1) is 12.8 Å². The van der Waals surface area contributed by atoms with Crippen molar-refractivity contribution >= 4 is 17.7 Å². The van der Waals surface area contributed by atoms with Gasteiger partial charge in [0.15, 0.2) is 0 Å². The molecule has 0 saturated heterocycles. The molecule has 2 N–H and O–H groups in total. The van der Waals surface area contributed by atoms with Gasteiger partial charge in [0, 0.05) is 13.2 Å². The smallest absolute Gasteiger partial charge is 0.233 e. The van der Waals surface area contributed by atoms with Crippen molar-refractivity contribution in [2.75, 3.05) is 12.4 Å². The normalized spacial score (nSPS) is 13.9. The highest BCUT2D eigenvalue weighted by atomic mass is 32.2. The molecule has 0 saturated carbocycles. The lowest BCUT2D eigenvalue weighted by Crippen LogP contribution is -2.31. The summed E-state index contributed by atoms with van der Waals surface area (Å²) in [6.45, 7) is 6.66. The van der Waals surface area contributed by atoms with Gasteiger partial charge >= 0.3 is 0 Å². The van der Waals surface area contributed by atoms with E-state index < -0.39 is 0 Å². The summed E-state index contributed by atoms with van der Waals surface area (Å²) in [6.07, 6.45) is 0. The van der Waals surface area contributed by atoms with Crippen molar-refractivity contribution in [2.24, 2.45) is 5.92 Å². The van der Waals surface area contributed by atoms with E-state index in [1.807, 2.05) is 45.0 Å². The summed E-state index contributed by atoms with van der Waals surface area (Å²) in [5.41, 5.74) is 2.33. The number of amides is 1. The van der Waals surface area contributed by atoms with Crippen LogP contribution < -0.4 is 5.32 Å². The summed E-state index contributed by atoms with van der Waals surface area (Å²) >= 11 is 1.58. The first-order valence-electron chi connectivity index (χ1n) is 6.58. The van der Waals surface area contributed by atoms with Crippen LogP contribution in [0.3, 0.4) is 0 Å². The highest BCUT2D eigenvalue weighted by molar-refractivity contribution is 8.00. The number of rotatable bonds is 7. The van der Waals surface area contributed by atoms with Gasteiger partial charge in [-0.05, 0) is 31.1 Å². The number of hydrogen-bond donors (Lipinski definition) is 2. The van der Waals surface area contributed by atoms with Crippen LogP contribution in [0.2, 0.25) is 0 Å². The molecule has 0 aliphatic carbocycles. The molecular weight excluding hydrogens is 258 g/mol. The van der Waals surface area contributed by atoms with E-state index in [4.69, 9.17) is 5.11 Å². The third-order valence-electron chi connectivity index (χ3n) is 2.90. The molecule has 1 amide bonds. The number of carbonyl (C=O) groups is 1. The maximum absolute atomic E-state index is 11.9. The van der Waals surface area contributed by atoms with E-state index in [0.717, 1.165) is 11.3 Å². The summed E-state index contributed by atoms with van der Waals surface area (Å²) in [6, 6.07) is 8.15. The van der Waals surface area contributed by atoms with E-state index in [1.54, 1.807) is 11.8 Å². The van der Waals surface area contributed by atoms with Crippen molar-refractivity contribution in [1.82, 2.24) is 5.32 Å². The molecule has 0 aromatic heterocycles. The molecule has 19 heavy (non-hydrogen) atoms. The highest BCUT2D eigenvalue weighted by Gasteiger charge is 2.14. The standard InChI is InChI=1S/C15H23NO2S/c1-11-4-6-14(7-5-11)8-16-15(18)13(3)19-10-12(2)9-17/h4-7,12-13,17H,8-10H2,1-3H3,(H,16,18). The van der Waals surface area contributed by atoms with Gasteiger partial charge in [0.25, 0.3) is 0 Å². The summed E-state index contributed by atoms with van der Waals surface area (Å²) < 4.78 is 0. The molecule has 0 aliphatic rings. The number of hydrogen-bond acceptors (Lipinski definition) is 3. The lowest BCUT2D eigenvalue weighted by atomic mass is 10.1. The van der Waals surface area contributed by atoms with E-state index >= 15 is 0 Å². The third-order valence-corrected chi connectivity index (χ3v) is 4.37. The Labute approximate surface area is 119 Å². The zero-order chi connectivity index (χ0) is 14.3. The average molecular weight is 281 g/mol. The summed E-state index contributed by atoms with van der Waals surface area (Å²) in [7, 11) is 0. The SMILES string of the molecule is Cc1ccc(CNC(=O)C(C)SCC(C)CO)cc1. The first-order valence-corrected chi connectivity index (χ1v) is 7.63. The van der Waals surface area contributed by atoms with E-state index in [1.165, 1.54) is 5.56 Å². The van der Waals surface area contributed by atoms with Crippen molar-refractivity contribution in [1.29, 1.82) is 0 Å². The molecule has 106 valence electrons. The second-order valence-electron chi connectivity index (χ2n) is 4.97. The average Bonchev–Trinajstić information content (AvgIpc) is 2.43. The Morgan fingerprint density at radius 1 is 1.32 bits per heavy atom. The molecule has 1 aromatic carbocycles. The molecule has 0 aliphatic heterocycles.